The molecular formula is C13H16F3IN6O. The molecular weight excluding hydrogens is 440 g/mol. The van der Waals surface area contributed by atoms with E-state index in [-0.39, 0.29) is 42.2 Å². The van der Waals surface area contributed by atoms with Gasteiger partial charge < -0.3 is 20.4 Å². The van der Waals surface area contributed by atoms with E-state index in [1.54, 1.807) is 17.9 Å². The van der Waals surface area contributed by atoms with Crippen LogP contribution in [-0.4, -0.2) is 27.1 Å². The quantitative estimate of drug-likeness (QED) is 0.408. The third kappa shape index (κ3) is 6.60. The fraction of sp³-hybridized carbons (Fsp3) is 0.308. The zero-order valence-corrected chi connectivity index (χ0v) is 14.9. The Hall–Kier alpha value is -2.05. The smallest absolute Gasteiger partial charge is 0.406 e. The summed E-state index contributed by atoms with van der Waals surface area (Å²) >= 11 is 0. The minimum Gasteiger partial charge on any atom is -0.406 e. The lowest BCUT2D eigenvalue weighted by Crippen LogP contribution is -2.32. The molecule has 7 nitrogen and oxygen atoms in total. The molecule has 1 aromatic heterocycles. The molecule has 0 aliphatic carbocycles. The number of benzene rings is 1. The Labute approximate surface area is 153 Å². The van der Waals surface area contributed by atoms with Crippen LogP contribution in [-0.2, 0) is 20.1 Å². The van der Waals surface area contributed by atoms with E-state index in [1.165, 1.54) is 24.3 Å². The number of halogens is 4. The van der Waals surface area contributed by atoms with E-state index in [4.69, 9.17) is 5.73 Å². The van der Waals surface area contributed by atoms with Gasteiger partial charge in [-0.05, 0) is 17.7 Å². The zero-order valence-electron chi connectivity index (χ0n) is 12.6. The molecule has 0 atom stereocenters. The van der Waals surface area contributed by atoms with Crippen molar-refractivity contribution in [3.05, 3.63) is 42.0 Å². The standard InChI is InChI=1S/C13H15F3N6O.HI/c1-22-8-20-21-11(22)7-19-12(17)18-6-9-2-4-10(5-3-9)23-13(14,15)16;/h2-5,8H,6-7H2,1H3,(H3,17,18,19);1H. The summed E-state index contributed by atoms with van der Waals surface area (Å²) in [5, 5.41) is 10.5. The van der Waals surface area contributed by atoms with Gasteiger partial charge in [0, 0.05) is 7.05 Å². The molecule has 0 unspecified atom stereocenters. The molecule has 2 aromatic rings. The first-order valence-electron chi connectivity index (χ1n) is 6.55. The van der Waals surface area contributed by atoms with Crippen LogP contribution in [0, 0.1) is 0 Å². The van der Waals surface area contributed by atoms with Gasteiger partial charge in [-0.15, -0.1) is 47.3 Å². The monoisotopic (exact) mass is 456 g/mol. The molecule has 0 saturated carbocycles. The highest BCUT2D eigenvalue weighted by molar-refractivity contribution is 14.0. The molecule has 11 heteroatoms. The van der Waals surface area contributed by atoms with Gasteiger partial charge in [0.1, 0.15) is 12.1 Å². The topological polar surface area (TPSA) is 90.4 Å². The summed E-state index contributed by atoms with van der Waals surface area (Å²) in [5.41, 5.74) is 6.41. The number of guanidine groups is 1. The van der Waals surface area contributed by atoms with Crippen LogP contribution in [0.4, 0.5) is 13.2 Å². The maximum Gasteiger partial charge on any atom is 0.573 e. The summed E-state index contributed by atoms with van der Waals surface area (Å²) in [7, 11) is 1.80. The van der Waals surface area contributed by atoms with Gasteiger partial charge in [0.05, 0.1) is 13.1 Å². The van der Waals surface area contributed by atoms with E-state index in [0.29, 0.717) is 17.9 Å². The highest BCUT2D eigenvalue weighted by Crippen LogP contribution is 2.22. The van der Waals surface area contributed by atoms with Crippen molar-refractivity contribution in [3.8, 4) is 5.75 Å². The number of nitrogens with zero attached hydrogens (tertiary/aromatic N) is 4. The Morgan fingerprint density at radius 2 is 2.00 bits per heavy atom. The molecule has 2 rings (SSSR count). The number of ether oxygens (including phenoxy) is 1. The lowest BCUT2D eigenvalue weighted by atomic mass is 10.2. The molecule has 0 aliphatic heterocycles. The second kappa shape index (κ2) is 8.70. The number of aromatic nitrogens is 3. The minimum atomic E-state index is -4.70. The second-order valence-electron chi connectivity index (χ2n) is 4.60. The average Bonchev–Trinajstić information content (AvgIpc) is 2.88. The van der Waals surface area contributed by atoms with Crippen LogP contribution < -0.4 is 15.8 Å². The van der Waals surface area contributed by atoms with E-state index < -0.39 is 6.36 Å². The van der Waals surface area contributed by atoms with Gasteiger partial charge in [-0.1, -0.05) is 12.1 Å². The van der Waals surface area contributed by atoms with E-state index in [0.717, 1.165) is 0 Å². The largest absolute Gasteiger partial charge is 0.573 e. The first-order valence-corrected chi connectivity index (χ1v) is 6.55. The van der Waals surface area contributed by atoms with Crippen molar-refractivity contribution in [1.29, 1.82) is 0 Å². The SMILES string of the molecule is Cn1cnnc1CNC(N)=NCc1ccc(OC(F)(F)F)cc1.I. The predicted octanol–water partition coefficient (Wildman–Crippen LogP) is 1.94. The van der Waals surface area contributed by atoms with Crippen LogP contribution in [0.2, 0.25) is 0 Å². The van der Waals surface area contributed by atoms with Crippen molar-refractivity contribution in [2.24, 2.45) is 17.8 Å². The maximum absolute atomic E-state index is 12.0. The van der Waals surface area contributed by atoms with Gasteiger partial charge in [-0.3, -0.25) is 0 Å². The Kier molecular flexibility index (Phi) is 7.25. The molecule has 0 amide bonds. The third-order valence-corrected chi connectivity index (χ3v) is 2.82. The average molecular weight is 456 g/mol. The Balaban J connectivity index is 0.00000288. The number of rotatable bonds is 5. The first-order chi connectivity index (χ1) is 10.8. The van der Waals surface area contributed by atoms with Crippen molar-refractivity contribution in [3.63, 3.8) is 0 Å². The fourth-order valence-electron chi connectivity index (χ4n) is 1.67. The number of nitrogens with two attached hydrogens (primary N) is 1. The van der Waals surface area contributed by atoms with Gasteiger partial charge in [0.15, 0.2) is 11.8 Å². The molecule has 1 heterocycles. The maximum atomic E-state index is 12.0. The Morgan fingerprint density at radius 1 is 1.33 bits per heavy atom. The van der Waals surface area contributed by atoms with Crippen molar-refractivity contribution < 1.29 is 17.9 Å². The Bertz CT molecular complexity index is 671. The van der Waals surface area contributed by atoms with Crippen LogP contribution in [0.25, 0.3) is 0 Å². The summed E-state index contributed by atoms with van der Waals surface area (Å²) in [5.74, 6) is 0.610. The van der Waals surface area contributed by atoms with Gasteiger partial charge in [0.25, 0.3) is 0 Å². The molecule has 132 valence electrons. The molecule has 0 aliphatic rings. The number of hydrogen-bond donors (Lipinski definition) is 2. The first kappa shape index (κ1) is 20.0. The number of aryl methyl sites for hydroxylation is 1. The van der Waals surface area contributed by atoms with Crippen molar-refractivity contribution in [1.82, 2.24) is 20.1 Å². The summed E-state index contributed by atoms with van der Waals surface area (Å²) in [4.78, 5) is 4.09. The van der Waals surface area contributed by atoms with Crippen molar-refractivity contribution in [2.75, 3.05) is 0 Å². The summed E-state index contributed by atoms with van der Waals surface area (Å²) in [6.45, 7) is 0.591. The van der Waals surface area contributed by atoms with Crippen molar-refractivity contribution in [2.45, 2.75) is 19.5 Å². The lowest BCUT2D eigenvalue weighted by molar-refractivity contribution is -0.274. The third-order valence-electron chi connectivity index (χ3n) is 2.82. The molecule has 24 heavy (non-hydrogen) atoms. The van der Waals surface area contributed by atoms with Gasteiger partial charge in [-0.2, -0.15) is 0 Å². The van der Waals surface area contributed by atoms with E-state index in [1.807, 2.05) is 0 Å². The predicted molar refractivity (Wildman–Crippen MR) is 91.7 cm³/mol. The number of alkyl halides is 3. The summed E-state index contributed by atoms with van der Waals surface area (Å²) in [6.07, 6.45) is -3.14. The molecule has 0 fully saturated rings. The van der Waals surface area contributed by atoms with Gasteiger partial charge >= 0.3 is 6.36 Å². The van der Waals surface area contributed by atoms with Crippen LogP contribution in [0.15, 0.2) is 35.6 Å². The van der Waals surface area contributed by atoms with E-state index in [9.17, 15) is 13.2 Å². The lowest BCUT2D eigenvalue weighted by Gasteiger charge is -2.09. The number of aliphatic imine (C=N–C) groups is 1. The molecule has 0 saturated heterocycles. The number of hydrogen-bond acceptors (Lipinski definition) is 4. The molecule has 1 aromatic carbocycles. The molecule has 0 radical (unpaired) electrons. The minimum absolute atomic E-state index is 0. The van der Waals surface area contributed by atoms with Gasteiger partial charge in [0.2, 0.25) is 0 Å². The summed E-state index contributed by atoms with van der Waals surface area (Å²) < 4.78 is 41.7. The fourth-order valence-corrected chi connectivity index (χ4v) is 1.67. The highest BCUT2D eigenvalue weighted by Gasteiger charge is 2.30. The van der Waals surface area contributed by atoms with Crippen LogP contribution in [0.5, 0.6) is 5.75 Å². The molecule has 3 N–H and O–H groups in total. The normalized spacial score (nSPS) is 11.8. The Morgan fingerprint density at radius 3 is 2.54 bits per heavy atom. The van der Waals surface area contributed by atoms with Gasteiger partial charge in [-0.25, -0.2) is 4.99 Å². The zero-order chi connectivity index (χ0) is 16.9. The van der Waals surface area contributed by atoms with E-state index in [2.05, 4.69) is 25.2 Å². The van der Waals surface area contributed by atoms with Crippen LogP contribution >= 0.6 is 24.0 Å². The molecule has 0 bridgehead atoms. The van der Waals surface area contributed by atoms with Crippen LogP contribution in [0.1, 0.15) is 11.4 Å². The van der Waals surface area contributed by atoms with E-state index >= 15 is 0 Å². The highest BCUT2D eigenvalue weighted by atomic mass is 127. The number of nitrogens with one attached hydrogen (secondary N) is 1. The second-order valence-corrected chi connectivity index (χ2v) is 4.60. The van der Waals surface area contributed by atoms with Crippen LogP contribution in [0.3, 0.4) is 0 Å². The summed E-state index contributed by atoms with van der Waals surface area (Å²) in [6, 6.07) is 5.42. The van der Waals surface area contributed by atoms with Crippen molar-refractivity contribution >= 4 is 29.9 Å². The molecule has 0 spiro atoms.